The Morgan fingerprint density at radius 3 is 2.71 bits per heavy atom. The lowest BCUT2D eigenvalue weighted by molar-refractivity contribution is -0.319. The number of alkyl halides is 2. The monoisotopic (exact) mass is 597 g/mol. The van der Waals surface area contributed by atoms with Crippen molar-refractivity contribution in [3.63, 3.8) is 0 Å². The molecule has 0 spiro atoms. The van der Waals surface area contributed by atoms with Crippen LogP contribution in [-0.2, 0) is 28.5 Å². The quantitative estimate of drug-likeness (QED) is 0.376. The number of methoxy groups -OCH3 is 1. The minimum atomic E-state index is -2.81. The van der Waals surface area contributed by atoms with Crippen LogP contribution >= 0.6 is 15.9 Å². The van der Waals surface area contributed by atoms with Crippen molar-refractivity contribution in [3.8, 4) is 11.3 Å². The molecule has 1 aromatic heterocycles. The molecule has 13 heteroatoms. The van der Waals surface area contributed by atoms with Crippen LogP contribution in [0, 0.1) is 5.82 Å². The first kappa shape index (κ1) is 26.8. The summed E-state index contributed by atoms with van der Waals surface area (Å²) in [7, 11) is 1.16. The van der Waals surface area contributed by atoms with E-state index in [4.69, 9.17) is 23.7 Å². The molecular formula is C25H23BrF3N3O6. The van der Waals surface area contributed by atoms with Crippen molar-refractivity contribution in [3.05, 3.63) is 70.6 Å². The fourth-order valence-corrected chi connectivity index (χ4v) is 4.81. The van der Waals surface area contributed by atoms with Gasteiger partial charge in [0.25, 0.3) is 6.43 Å². The number of aromatic nitrogens is 3. The SMILES string of the molecule is COC(=O)[C@@H]1O[C@@H]2COC(c3ccccc3)O[C@@H]2[C@H](n2cc(-c3ccc(Br)c(F)c3)nn2)[C@H]1OCC(F)F. The lowest BCUT2D eigenvalue weighted by Gasteiger charge is -2.48. The fraction of sp³-hybridized carbons (Fsp3) is 0.400. The maximum atomic E-state index is 14.2. The van der Waals surface area contributed by atoms with Gasteiger partial charge in [-0.25, -0.2) is 22.6 Å². The van der Waals surface area contributed by atoms with Gasteiger partial charge in [0.2, 0.25) is 0 Å². The van der Waals surface area contributed by atoms with Gasteiger partial charge in [0.05, 0.1) is 24.4 Å². The van der Waals surface area contributed by atoms with E-state index in [1.54, 1.807) is 6.07 Å². The molecule has 2 aliphatic rings. The number of ether oxygens (including phenoxy) is 5. The van der Waals surface area contributed by atoms with Gasteiger partial charge in [-0.05, 0) is 28.1 Å². The Labute approximate surface area is 223 Å². The van der Waals surface area contributed by atoms with Crippen LogP contribution in [-0.4, -0.2) is 72.1 Å². The van der Waals surface area contributed by atoms with E-state index in [0.29, 0.717) is 11.3 Å². The maximum absolute atomic E-state index is 14.2. The largest absolute Gasteiger partial charge is 0.467 e. The van der Waals surface area contributed by atoms with Gasteiger partial charge in [-0.15, -0.1) is 5.10 Å². The minimum Gasteiger partial charge on any atom is -0.467 e. The molecule has 202 valence electrons. The highest BCUT2D eigenvalue weighted by atomic mass is 79.9. The fourth-order valence-electron chi connectivity index (χ4n) is 4.57. The zero-order chi connectivity index (χ0) is 26.8. The van der Waals surface area contributed by atoms with E-state index in [-0.39, 0.29) is 11.1 Å². The molecule has 2 saturated heterocycles. The van der Waals surface area contributed by atoms with Gasteiger partial charge < -0.3 is 23.7 Å². The van der Waals surface area contributed by atoms with Crippen LogP contribution in [0.25, 0.3) is 11.3 Å². The minimum absolute atomic E-state index is 0.0370. The van der Waals surface area contributed by atoms with Crippen LogP contribution in [0.15, 0.2) is 59.2 Å². The van der Waals surface area contributed by atoms with E-state index in [9.17, 15) is 18.0 Å². The summed E-state index contributed by atoms with van der Waals surface area (Å²) < 4.78 is 70.8. The number of benzene rings is 2. The molecule has 0 N–H and O–H groups in total. The van der Waals surface area contributed by atoms with Crippen LogP contribution < -0.4 is 0 Å². The van der Waals surface area contributed by atoms with Gasteiger partial charge >= 0.3 is 5.97 Å². The summed E-state index contributed by atoms with van der Waals surface area (Å²) in [5, 5.41) is 8.34. The van der Waals surface area contributed by atoms with Gasteiger partial charge in [0.1, 0.15) is 42.5 Å². The van der Waals surface area contributed by atoms with Crippen molar-refractivity contribution >= 4 is 21.9 Å². The zero-order valence-corrected chi connectivity index (χ0v) is 21.5. The Balaban J connectivity index is 1.54. The third-order valence-electron chi connectivity index (χ3n) is 6.30. The molecule has 0 radical (unpaired) electrons. The summed E-state index contributed by atoms with van der Waals surface area (Å²) >= 11 is 3.12. The first-order valence-corrected chi connectivity index (χ1v) is 12.5. The zero-order valence-electron chi connectivity index (χ0n) is 20.0. The predicted octanol–water partition coefficient (Wildman–Crippen LogP) is 4.09. The van der Waals surface area contributed by atoms with Gasteiger partial charge in [0.15, 0.2) is 12.4 Å². The Morgan fingerprint density at radius 2 is 2.00 bits per heavy atom. The van der Waals surface area contributed by atoms with Crippen LogP contribution in [0.2, 0.25) is 0 Å². The lowest BCUT2D eigenvalue weighted by Crippen LogP contribution is -2.62. The highest BCUT2D eigenvalue weighted by Crippen LogP contribution is 2.41. The highest BCUT2D eigenvalue weighted by molar-refractivity contribution is 9.10. The van der Waals surface area contributed by atoms with E-state index >= 15 is 0 Å². The molecule has 2 aliphatic heterocycles. The number of carbonyl (C=O) groups excluding carboxylic acids is 1. The molecule has 38 heavy (non-hydrogen) atoms. The first-order valence-electron chi connectivity index (χ1n) is 11.7. The Hall–Kier alpha value is -2.84. The average molecular weight is 598 g/mol. The molecule has 2 aromatic carbocycles. The Morgan fingerprint density at radius 1 is 1.21 bits per heavy atom. The van der Waals surface area contributed by atoms with Crippen LogP contribution in [0.5, 0.6) is 0 Å². The van der Waals surface area contributed by atoms with Gasteiger partial charge in [-0.2, -0.15) is 0 Å². The predicted molar refractivity (Wildman–Crippen MR) is 129 cm³/mol. The van der Waals surface area contributed by atoms with E-state index in [0.717, 1.165) is 12.7 Å². The molecule has 3 heterocycles. The molecule has 3 aromatic rings. The number of fused-ring (bicyclic) bond motifs is 1. The average Bonchev–Trinajstić information content (AvgIpc) is 3.42. The second kappa shape index (κ2) is 11.5. The summed E-state index contributed by atoms with van der Waals surface area (Å²) in [6.45, 7) is -0.928. The third-order valence-corrected chi connectivity index (χ3v) is 6.95. The summed E-state index contributed by atoms with van der Waals surface area (Å²) in [6.07, 6.45) is -6.36. The summed E-state index contributed by atoms with van der Waals surface area (Å²) in [5.74, 6) is -1.31. The van der Waals surface area contributed by atoms with Crippen molar-refractivity contribution in [1.82, 2.24) is 15.0 Å². The number of esters is 1. The number of hydrogen-bond donors (Lipinski definition) is 0. The molecule has 0 amide bonds. The van der Waals surface area contributed by atoms with Crippen LogP contribution in [0.3, 0.4) is 0 Å². The molecule has 0 saturated carbocycles. The smallest absolute Gasteiger partial charge is 0.337 e. The second-order valence-electron chi connectivity index (χ2n) is 8.69. The third kappa shape index (κ3) is 5.47. The van der Waals surface area contributed by atoms with Gasteiger partial charge in [0, 0.05) is 11.1 Å². The molecular weight excluding hydrogens is 575 g/mol. The number of carbonyl (C=O) groups is 1. The van der Waals surface area contributed by atoms with Crippen LogP contribution in [0.4, 0.5) is 13.2 Å². The topological polar surface area (TPSA) is 93.9 Å². The summed E-state index contributed by atoms with van der Waals surface area (Å²) in [4.78, 5) is 12.7. The van der Waals surface area contributed by atoms with Crippen molar-refractivity contribution in [2.75, 3.05) is 20.3 Å². The Bertz CT molecular complexity index is 1270. The number of hydrogen-bond acceptors (Lipinski definition) is 8. The molecule has 0 aliphatic carbocycles. The molecule has 9 nitrogen and oxygen atoms in total. The molecule has 1 unspecified atom stereocenters. The van der Waals surface area contributed by atoms with Gasteiger partial charge in [-0.3, -0.25) is 0 Å². The molecule has 0 bridgehead atoms. The normalized spacial score (nSPS) is 27.2. The van der Waals surface area contributed by atoms with E-state index in [2.05, 4.69) is 26.2 Å². The van der Waals surface area contributed by atoms with Crippen molar-refractivity contribution in [2.45, 2.75) is 43.2 Å². The van der Waals surface area contributed by atoms with Crippen molar-refractivity contribution < 1.29 is 41.7 Å². The number of rotatable bonds is 7. The number of nitrogens with zero attached hydrogens (tertiary/aromatic N) is 3. The summed E-state index contributed by atoms with van der Waals surface area (Å²) in [6, 6.07) is 12.6. The van der Waals surface area contributed by atoms with Crippen molar-refractivity contribution in [1.29, 1.82) is 0 Å². The van der Waals surface area contributed by atoms with Crippen molar-refractivity contribution in [2.24, 2.45) is 0 Å². The van der Waals surface area contributed by atoms with E-state index in [1.807, 2.05) is 30.3 Å². The highest BCUT2D eigenvalue weighted by Gasteiger charge is 2.54. The van der Waals surface area contributed by atoms with E-state index in [1.165, 1.54) is 23.0 Å². The standard InChI is InChI=1S/C25H23BrF3N3O6/c1-34-24(33)23-22(35-12-19(28)29)20(32-10-17(30-31-32)14-7-8-15(26)16(27)9-14)21-18(37-23)11-36-25(38-21)13-5-3-2-4-6-13/h2-10,18-23,25H,11-12H2,1H3/t18-,20+,21+,22-,23-,25?/m1/s1. The maximum Gasteiger partial charge on any atom is 0.337 e. The van der Waals surface area contributed by atoms with Gasteiger partial charge in [-0.1, -0.05) is 41.6 Å². The van der Waals surface area contributed by atoms with E-state index < -0.39 is 61.6 Å². The first-order chi connectivity index (χ1) is 18.4. The molecule has 5 rings (SSSR count). The molecule has 6 atom stereocenters. The summed E-state index contributed by atoms with van der Waals surface area (Å²) in [5.41, 5.74) is 1.48. The number of halogens is 4. The lowest BCUT2D eigenvalue weighted by atomic mass is 9.91. The molecule has 2 fully saturated rings. The van der Waals surface area contributed by atoms with Crippen LogP contribution in [0.1, 0.15) is 17.9 Å². The second-order valence-corrected chi connectivity index (χ2v) is 9.54. The Kier molecular flexibility index (Phi) is 8.09.